The first kappa shape index (κ1) is 12.4. The van der Waals surface area contributed by atoms with E-state index >= 15 is 0 Å². The molecule has 0 aliphatic heterocycles. The largest absolute Gasteiger partial charge is 0.309 e. The molecule has 0 bridgehead atoms. The first-order valence-corrected chi connectivity index (χ1v) is 5.75. The van der Waals surface area contributed by atoms with Gasteiger partial charge in [-0.15, -0.1) is 0 Å². The maximum absolute atomic E-state index is 11.6. The van der Waals surface area contributed by atoms with E-state index in [1.807, 2.05) is 13.8 Å². The fourth-order valence-electron chi connectivity index (χ4n) is 1.46. The Hall–Kier alpha value is -2.08. The number of hydrogen-bond acceptors (Lipinski definition) is 5. The predicted octanol–water partition coefficient (Wildman–Crippen LogP) is 0.725. The fraction of sp³-hybridized carbons (Fsp3) is 0.333. The summed E-state index contributed by atoms with van der Waals surface area (Å²) in [5.74, 6) is 0.463. The van der Waals surface area contributed by atoms with Crippen molar-refractivity contribution >= 4 is 0 Å². The van der Waals surface area contributed by atoms with Crippen LogP contribution in [0.3, 0.4) is 0 Å². The maximum Gasteiger partial charge on any atom is 0.251 e. The lowest BCUT2D eigenvalue weighted by Gasteiger charge is -2.08. The monoisotopic (exact) mass is 245 g/mol. The molecule has 2 aromatic heterocycles. The van der Waals surface area contributed by atoms with Crippen molar-refractivity contribution in [2.24, 2.45) is 0 Å². The Balaban J connectivity index is 2.30. The molecule has 2 N–H and O–H groups in total. The standard InChI is InChI=1S/C12H15N5O/c1-8(2)14-6-9-5-11(18)17-12(16-9)10-3-4-13-7-15-10/h3-5,7-8,14H,6H2,1-2H3,(H,16,17,18). The maximum atomic E-state index is 11.6. The third kappa shape index (κ3) is 3.21. The molecule has 0 saturated heterocycles. The van der Waals surface area contributed by atoms with E-state index in [0.717, 1.165) is 0 Å². The SMILES string of the molecule is CC(C)NCc1cc(=O)[nH]c(-c2ccncn2)n1. The molecule has 0 radical (unpaired) electrons. The van der Waals surface area contributed by atoms with Gasteiger partial charge >= 0.3 is 0 Å². The topological polar surface area (TPSA) is 83.6 Å². The zero-order valence-electron chi connectivity index (χ0n) is 10.3. The average molecular weight is 245 g/mol. The Morgan fingerprint density at radius 3 is 2.94 bits per heavy atom. The van der Waals surface area contributed by atoms with Crippen LogP contribution >= 0.6 is 0 Å². The lowest BCUT2D eigenvalue weighted by atomic mass is 10.3. The highest BCUT2D eigenvalue weighted by molar-refractivity contribution is 5.47. The van der Waals surface area contributed by atoms with Gasteiger partial charge in [0, 0.05) is 24.8 Å². The van der Waals surface area contributed by atoms with Crippen molar-refractivity contribution in [3.63, 3.8) is 0 Å². The van der Waals surface area contributed by atoms with E-state index in [1.54, 1.807) is 12.3 Å². The van der Waals surface area contributed by atoms with E-state index in [4.69, 9.17) is 0 Å². The van der Waals surface area contributed by atoms with Crippen LogP contribution in [0.2, 0.25) is 0 Å². The van der Waals surface area contributed by atoms with Crippen molar-refractivity contribution in [3.8, 4) is 11.5 Å². The van der Waals surface area contributed by atoms with E-state index < -0.39 is 0 Å². The summed E-state index contributed by atoms with van der Waals surface area (Å²) in [5.41, 5.74) is 1.12. The Kier molecular flexibility index (Phi) is 3.78. The smallest absolute Gasteiger partial charge is 0.251 e. The van der Waals surface area contributed by atoms with Gasteiger partial charge in [-0.2, -0.15) is 0 Å². The first-order valence-electron chi connectivity index (χ1n) is 5.75. The molecule has 2 rings (SSSR count). The zero-order chi connectivity index (χ0) is 13.0. The van der Waals surface area contributed by atoms with Crippen LogP contribution in [0.5, 0.6) is 0 Å². The van der Waals surface area contributed by atoms with Crippen molar-refractivity contribution in [1.82, 2.24) is 25.3 Å². The average Bonchev–Trinajstić information content (AvgIpc) is 2.37. The minimum Gasteiger partial charge on any atom is -0.309 e. The number of aromatic nitrogens is 4. The number of nitrogens with zero attached hydrogens (tertiary/aromatic N) is 3. The fourth-order valence-corrected chi connectivity index (χ4v) is 1.46. The van der Waals surface area contributed by atoms with Gasteiger partial charge < -0.3 is 10.3 Å². The Bertz CT molecular complexity index is 564. The molecule has 0 atom stereocenters. The van der Waals surface area contributed by atoms with Crippen LogP contribution in [-0.4, -0.2) is 26.0 Å². The number of aromatic amines is 1. The third-order valence-electron chi connectivity index (χ3n) is 2.31. The molecule has 0 saturated carbocycles. The summed E-state index contributed by atoms with van der Waals surface area (Å²) < 4.78 is 0. The van der Waals surface area contributed by atoms with E-state index in [2.05, 4.69) is 25.3 Å². The van der Waals surface area contributed by atoms with Crippen molar-refractivity contribution in [3.05, 3.63) is 40.7 Å². The second-order valence-corrected chi connectivity index (χ2v) is 4.22. The van der Waals surface area contributed by atoms with Crippen LogP contribution in [0.25, 0.3) is 11.5 Å². The first-order chi connectivity index (χ1) is 8.65. The quantitative estimate of drug-likeness (QED) is 0.829. The van der Waals surface area contributed by atoms with Crippen molar-refractivity contribution in [2.45, 2.75) is 26.4 Å². The van der Waals surface area contributed by atoms with Gasteiger partial charge in [-0.25, -0.2) is 15.0 Å². The van der Waals surface area contributed by atoms with Gasteiger partial charge in [0.15, 0.2) is 5.82 Å². The normalized spacial score (nSPS) is 10.8. The van der Waals surface area contributed by atoms with Crippen LogP contribution in [-0.2, 0) is 6.54 Å². The molecule has 0 unspecified atom stereocenters. The summed E-state index contributed by atoms with van der Waals surface area (Å²) in [6.45, 7) is 4.64. The summed E-state index contributed by atoms with van der Waals surface area (Å²) in [6, 6.07) is 3.53. The van der Waals surface area contributed by atoms with Crippen LogP contribution < -0.4 is 10.9 Å². The van der Waals surface area contributed by atoms with Gasteiger partial charge in [0.1, 0.15) is 12.0 Å². The summed E-state index contributed by atoms with van der Waals surface area (Å²) in [4.78, 5) is 26.5. The van der Waals surface area contributed by atoms with Gasteiger partial charge in [-0.3, -0.25) is 4.79 Å². The summed E-state index contributed by atoms with van der Waals surface area (Å²) in [7, 11) is 0. The van der Waals surface area contributed by atoms with Crippen molar-refractivity contribution < 1.29 is 0 Å². The molecule has 0 aliphatic carbocycles. The molecular formula is C12H15N5O. The summed E-state index contributed by atoms with van der Waals surface area (Å²) >= 11 is 0. The molecule has 2 heterocycles. The van der Waals surface area contributed by atoms with E-state index in [0.29, 0.717) is 29.8 Å². The van der Waals surface area contributed by atoms with Crippen LogP contribution in [0.1, 0.15) is 19.5 Å². The minimum absolute atomic E-state index is 0.181. The molecule has 6 heteroatoms. The summed E-state index contributed by atoms with van der Waals surface area (Å²) in [5, 5.41) is 3.22. The van der Waals surface area contributed by atoms with Gasteiger partial charge in [-0.05, 0) is 6.07 Å². The highest BCUT2D eigenvalue weighted by atomic mass is 16.1. The lowest BCUT2D eigenvalue weighted by molar-refractivity contribution is 0.580. The summed E-state index contributed by atoms with van der Waals surface area (Å²) in [6.07, 6.45) is 3.04. The number of rotatable bonds is 4. The Morgan fingerprint density at radius 1 is 1.44 bits per heavy atom. The molecule has 2 aromatic rings. The van der Waals surface area contributed by atoms with E-state index in [1.165, 1.54) is 12.4 Å². The Labute approximate surface area is 105 Å². The molecular weight excluding hydrogens is 230 g/mol. The van der Waals surface area contributed by atoms with Gasteiger partial charge in [0.05, 0.1) is 5.69 Å². The molecule has 6 nitrogen and oxygen atoms in total. The van der Waals surface area contributed by atoms with E-state index in [9.17, 15) is 4.79 Å². The molecule has 18 heavy (non-hydrogen) atoms. The van der Waals surface area contributed by atoms with Crippen molar-refractivity contribution in [2.75, 3.05) is 0 Å². The van der Waals surface area contributed by atoms with Crippen LogP contribution in [0.15, 0.2) is 29.5 Å². The second kappa shape index (κ2) is 5.50. The predicted molar refractivity (Wildman–Crippen MR) is 67.9 cm³/mol. The number of H-pyrrole nitrogens is 1. The second-order valence-electron chi connectivity index (χ2n) is 4.22. The number of nitrogens with one attached hydrogen (secondary N) is 2. The molecule has 0 aliphatic rings. The molecule has 0 aromatic carbocycles. The molecule has 94 valence electrons. The zero-order valence-corrected chi connectivity index (χ0v) is 10.3. The Morgan fingerprint density at radius 2 is 2.28 bits per heavy atom. The third-order valence-corrected chi connectivity index (χ3v) is 2.31. The molecule has 0 spiro atoms. The molecule has 0 fully saturated rings. The van der Waals surface area contributed by atoms with Crippen LogP contribution in [0, 0.1) is 0 Å². The van der Waals surface area contributed by atoms with Crippen molar-refractivity contribution in [1.29, 1.82) is 0 Å². The van der Waals surface area contributed by atoms with Gasteiger partial charge in [-0.1, -0.05) is 13.8 Å². The molecule has 0 amide bonds. The number of hydrogen-bond donors (Lipinski definition) is 2. The highest BCUT2D eigenvalue weighted by Gasteiger charge is 2.05. The van der Waals surface area contributed by atoms with Crippen LogP contribution in [0.4, 0.5) is 0 Å². The lowest BCUT2D eigenvalue weighted by Crippen LogP contribution is -2.24. The van der Waals surface area contributed by atoms with Gasteiger partial charge in [0.2, 0.25) is 0 Å². The van der Waals surface area contributed by atoms with Gasteiger partial charge in [0.25, 0.3) is 5.56 Å². The highest BCUT2D eigenvalue weighted by Crippen LogP contribution is 2.08. The van der Waals surface area contributed by atoms with E-state index in [-0.39, 0.29) is 5.56 Å². The minimum atomic E-state index is -0.181.